The minimum absolute atomic E-state index is 0.0795. The van der Waals surface area contributed by atoms with Gasteiger partial charge in [-0.15, -0.1) is 0 Å². The third-order valence-electron chi connectivity index (χ3n) is 25.2. The summed E-state index contributed by atoms with van der Waals surface area (Å²) in [5.74, 6) is -14.9. The third kappa shape index (κ3) is 18.6. The molecule has 15 bridgehead atoms. The predicted molar refractivity (Wildman–Crippen MR) is 439 cm³/mol. The Bertz CT molecular complexity index is 5110. The number of hydrogen-bond acceptors (Lipinski definition) is 28. The van der Waals surface area contributed by atoms with Crippen LogP contribution in [-0.2, 0) is 74.3 Å². The van der Waals surface area contributed by atoms with Gasteiger partial charge in [-0.05, 0) is 200 Å². The summed E-state index contributed by atoms with van der Waals surface area (Å²) in [7, 11) is 2.98. The van der Waals surface area contributed by atoms with Gasteiger partial charge in [0.15, 0.2) is 23.9 Å². The number of aliphatic hydroxyl groups is 8. The fraction of sp³-hybridized carbons (Fsp3) is 0.489. The molecule has 4 saturated carbocycles. The van der Waals surface area contributed by atoms with Gasteiger partial charge >= 0.3 is 0 Å². The van der Waals surface area contributed by atoms with Crippen LogP contribution in [0, 0.1) is 29.6 Å². The van der Waals surface area contributed by atoms with Gasteiger partial charge in [-0.2, -0.15) is 0 Å². The van der Waals surface area contributed by atoms with E-state index in [0.717, 1.165) is 56.4 Å². The van der Waals surface area contributed by atoms with E-state index < -0.39 is 216 Å². The highest BCUT2D eigenvalue weighted by Gasteiger charge is 2.54. The number of nitrogens with one attached hydrogen (secondary N) is 9. The Hall–Kier alpha value is -10.5. The summed E-state index contributed by atoms with van der Waals surface area (Å²) in [5.41, 5.74) is 3.65. The standard InChI is InChI=1S/C88H103ClN10O26/c1-37(2)21-56(91-5)79(109)98-71-73(105)44-12-18-58(55(89)29-44)122-60-31-47-30-59(76(60)125-86-77(75(107)74(106)61(36-100)123-86)124-64-35-87(4,90)78(108)38(3)120-64)121-50-15-9-42(10-16-50)72(104)70-85(115)97-69(83(113)94-66-45-23-40-22-41(25-45)26-46(66)24-40)52-32-48(101)33-54-65(52)51-28-43(11-17-53(51)88(54,116)117)67(81(111)99-70)96-82(112)68(47)95-80(110)57(92-84(71)114)34-63(103)93-62(102)27-39-7-13-49(14-8-39)119-20-19-118-6/h7-18,28-33,37-38,40-41,45-46,56-57,61,64,66-75,77-78,86,91,100-101,104-108,116-117H,19-27,34-36,90H2,1-6H3,(H,92,114)(H,94,113)(H,95,110)(H,96,112)(H,97,115)(H,98,109)(H,99,111)(H,93,102,103)/t38-,40?,41?,45?,46?,56+,57-,61+,64-,66?,67+,68+,69-,70-,71+,72+,73+,74+,75-,77+,78+,86-,87-/m0/s1. The Balaban J connectivity index is 0.906. The molecule has 20 N–H and O–H groups in total. The van der Waals surface area contributed by atoms with E-state index in [-0.39, 0.29) is 111 Å². The van der Waals surface area contributed by atoms with Crippen molar-refractivity contribution in [2.24, 2.45) is 35.3 Å². The van der Waals surface area contributed by atoms with Crippen molar-refractivity contribution < 1.29 is 127 Å². The summed E-state index contributed by atoms with van der Waals surface area (Å²) in [6, 6.07) is 8.86. The monoisotopic (exact) mass is 1750 g/mol. The number of ether oxygens (including phenoxy) is 8. The van der Waals surface area contributed by atoms with Crippen molar-refractivity contribution in [2.75, 3.05) is 34.0 Å². The van der Waals surface area contributed by atoms with Gasteiger partial charge in [0.1, 0.15) is 96.4 Å². The molecular weight excluding hydrogens is 1650 g/mol. The van der Waals surface area contributed by atoms with Crippen molar-refractivity contribution in [1.29, 1.82) is 0 Å². The lowest BCUT2D eigenvalue weighted by Gasteiger charge is -2.54. The minimum atomic E-state index is -2.98. The number of amides is 9. The highest BCUT2D eigenvalue weighted by atomic mass is 35.5. The first-order valence-electron chi connectivity index (χ1n) is 41.7. The number of aliphatic hydroxyl groups excluding tert-OH is 6. The summed E-state index contributed by atoms with van der Waals surface area (Å²) in [6.45, 7) is 6.22. The normalized spacial score (nSPS) is 31.0. The molecule has 0 radical (unpaired) electrons. The third-order valence-corrected chi connectivity index (χ3v) is 25.5. The van der Waals surface area contributed by atoms with Crippen molar-refractivity contribution in [1.82, 2.24) is 47.9 Å². The Kier molecular flexibility index (Phi) is 26.0. The molecule has 2 saturated heterocycles. The van der Waals surface area contributed by atoms with Crippen LogP contribution in [0.2, 0.25) is 5.02 Å². The van der Waals surface area contributed by atoms with E-state index >= 15 is 28.8 Å². The lowest BCUT2D eigenvalue weighted by molar-refractivity contribution is -0.333. The summed E-state index contributed by atoms with van der Waals surface area (Å²) in [6.07, 6.45) is -14.5. The first-order chi connectivity index (χ1) is 59.5. The van der Waals surface area contributed by atoms with Gasteiger partial charge in [0, 0.05) is 36.2 Å². The van der Waals surface area contributed by atoms with Crippen molar-refractivity contribution in [3.63, 3.8) is 0 Å². The molecule has 125 heavy (non-hydrogen) atoms. The largest absolute Gasteiger partial charge is 0.508 e. The molecule has 0 aromatic heterocycles. The van der Waals surface area contributed by atoms with E-state index in [0.29, 0.717) is 23.1 Å². The second kappa shape index (κ2) is 36.4. The van der Waals surface area contributed by atoms with Crippen molar-refractivity contribution in [3.8, 4) is 51.4 Å². The number of benzene rings is 6. The zero-order chi connectivity index (χ0) is 89.1. The number of fused-ring (bicyclic) bond motifs is 12. The Morgan fingerprint density at radius 2 is 1.34 bits per heavy atom. The number of aromatic hydroxyl groups is 1. The van der Waals surface area contributed by atoms with Crippen molar-refractivity contribution >= 4 is 64.8 Å². The molecule has 12 aliphatic rings. The number of hydrogen-bond donors (Lipinski definition) is 19. The maximum absolute atomic E-state index is 16.7. The Morgan fingerprint density at radius 1 is 0.680 bits per heavy atom. The van der Waals surface area contributed by atoms with Gasteiger partial charge < -0.3 is 132 Å². The lowest BCUT2D eigenvalue weighted by Crippen LogP contribution is -2.64. The predicted octanol–water partition coefficient (Wildman–Crippen LogP) is 1.82. The van der Waals surface area contributed by atoms with Crippen LogP contribution < -0.4 is 72.5 Å². The number of carbonyl (C=O) groups excluding carboxylic acids is 9. The molecule has 668 valence electrons. The maximum Gasteiger partial charge on any atom is 0.248 e. The van der Waals surface area contributed by atoms with Crippen LogP contribution in [0.1, 0.15) is 154 Å². The highest BCUT2D eigenvalue weighted by molar-refractivity contribution is 6.32. The van der Waals surface area contributed by atoms with Crippen molar-refractivity contribution in [2.45, 2.75) is 207 Å². The molecule has 5 aliphatic carbocycles. The van der Waals surface area contributed by atoms with Gasteiger partial charge in [-0.25, -0.2) is 0 Å². The summed E-state index contributed by atoms with van der Waals surface area (Å²) >= 11 is 7.23. The lowest BCUT2D eigenvalue weighted by atomic mass is 9.54. The number of likely N-dealkylation sites (N-methyl/N-ethyl adjacent to an activating group) is 1. The number of carbonyl (C=O) groups is 9. The quantitative estimate of drug-likeness (QED) is 0.0383. The first-order valence-corrected chi connectivity index (χ1v) is 42.1. The molecule has 9 amide bonds. The smallest absolute Gasteiger partial charge is 0.248 e. The van der Waals surface area contributed by atoms with Gasteiger partial charge in [0.2, 0.25) is 71.0 Å². The van der Waals surface area contributed by atoms with Gasteiger partial charge in [0.25, 0.3) is 0 Å². The van der Waals surface area contributed by atoms with Crippen molar-refractivity contribution in [3.05, 3.63) is 159 Å². The van der Waals surface area contributed by atoms with Crippen LogP contribution in [0.25, 0.3) is 11.1 Å². The van der Waals surface area contributed by atoms with E-state index in [4.69, 9.17) is 55.2 Å². The molecule has 36 nitrogen and oxygen atoms in total. The number of methoxy groups -OCH3 is 1. The van der Waals surface area contributed by atoms with Crippen LogP contribution in [-0.4, -0.2) is 218 Å². The van der Waals surface area contributed by atoms with E-state index in [9.17, 15) is 60.3 Å². The Morgan fingerprint density at radius 3 is 2.01 bits per heavy atom. The second-order valence-corrected chi connectivity index (χ2v) is 35.0. The second-order valence-electron chi connectivity index (χ2n) is 34.6. The summed E-state index contributed by atoms with van der Waals surface area (Å²) in [4.78, 5) is 139. The van der Waals surface area contributed by atoms with E-state index in [1.807, 2.05) is 13.8 Å². The zero-order valence-corrected chi connectivity index (χ0v) is 69.8. The van der Waals surface area contributed by atoms with Gasteiger partial charge in [0.05, 0.1) is 49.3 Å². The van der Waals surface area contributed by atoms with Crippen LogP contribution in [0.5, 0.6) is 40.2 Å². The molecule has 0 unspecified atom stereocenters. The molecule has 7 aliphatic heterocycles. The summed E-state index contributed by atoms with van der Waals surface area (Å²) < 4.78 is 49.9. The number of nitrogens with two attached hydrogens (primary N) is 1. The molecule has 6 aromatic carbocycles. The molecule has 6 aromatic rings. The number of halogens is 1. The molecule has 0 spiro atoms. The highest BCUT2D eigenvalue weighted by Crippen LogP contribution is 2.56. The Labute approximate surface area is 722 Å². The van der Waals surface area contributed by atoms with Gasteiger partial charge in [-0.3, -0.25) is 48.5 Å². The molecule has 37 heteroatoms. The zero-order valence-electron chi connectivity index (χ0n) is 69.1. The molecule has 6 fully saturated rings. The first kappa shape index (κ1) is 89.3. The SMILES string of the molecule is CN[C@H](CC(C)C)C(=O)N[C@H]1C(=O)N[C@@H](CC(=O)NC(=O)Cc2ccc(OCCOC)cc2)C(=O)N[C@H]2C(=O)N[C@H]3C(=O)N[C@H](C(=O)N[C@H](C(=O)NC4C5CC6CC(C5)CC4C6)c4cc(O)cc5c4-c4cc3ccc4C5(O)O)[C@H](O)c3ccc(cc3)Oc3cc2cc(c3O[C@@H]2O[C@H](CO)[C@@H](O)[C@H](O)[C@H]2O[C@H]2C[C@](C)(N)[C@H](O)[C@H](C)O2)Oc2ccc(cc2Cl)[C@H]1O. The van der Waals surface area contributed by atoms with Crippen LogP contribution in [0.3, 0.4) is 0 Å². The average Bonchev–Trinajstić information content (AvgIpc) is 1.55. The van der Waals surface area contributed by atoms with Gasteiger partial charge in [-0.1, -0.05) is 67.9 Å². The molecule has 18 atom stereocenters. The number of imide groups is 1. The fourth-order valence-electron chi connectivity index (χ4n) is 19.0. The minimum Gasteiger partial charge on any atom is -0.508 e. The topological polar surface area (TPSA) is 544 Å². The molecule has 7 heterocycles. The number of rotatable bonds is 20. The fourth-order valence-corrected chi connectivity index (χ4v) is 19.2. The van der Waals surface area contributed by atoms with Crippen LogP contribution >= 0.6 is 11.6 Å². The van der Waals surface area contributed by atoms with Crippen LogP contribution in [0.4, 0.5) is 0 Å². The average molecular weight is 1750 g/mol. The number of phenolic OH excluding ortho intramolecular Hbond substituents is 1. The summed E-state index contributed by atoms with van der Waals surface area (Å²) in [5, 5.41) is 131. The maximum atomic E-state index is 16.7. The van der Waals surface area contributed by atoms with E-state index in [2.05, 4.69) is 47.9 Å². The molecule has 18 rings (SSSR count). The van der Waals surface area contributed by atoms with Crippen LogP contribution in [0.15, 0.2) is 109 Å². The van der Waals surface area contributed by atoms with E-state index in [1.54, 1.807) is 24.3 Å². The molecular formula is C88H103ClN10O26. The number of phenols is 1. The van der Waals surface area contributed by atoms with E-state index in [1.165, 1.54) is 88.7 Å².